The summed E-state index contributed by atoms with van der Waals surface area (Å²) in [6.45, 7) is -0.00550. The molecule has 5 aromatic rings. The van der Waals surface area contributed by atoms with Crippen LogP contribution in [0.4, 0.5) is 16.0 Å². The lowest BCUT2D eigenvalue weighted by Gasteiger charge is -2.09. The summed E-state index contributed by atoms with van der Waals surface area (Å²) < 4.78 is 21.4. The Bertz CT molecular complexity index is 1600. The van der Waals surface area contributed by atoms with Gasteiger partial charge >= 0.3 is 0 Å². The molecule has 3 N–H and O–H groups in total. The zero-order valence-electron chi connectivity index (χ0n) is 20.6. The summed E-state index contributed by atoms with van der Waals surface area (Å²) in [6, 6.07) is 19.9. The molecule has 0 bridgehead atoms. The monoisotopic (exact) mass is 512 g/mol. The summed E-state index contributed by atoms with van der Waals surface area (Å²) in [4.78, 5) is 24.5. The number of carbonyl (C=O) groups is 1. The van der Waals surface area contributed by atoms with Gasteiger partial charge in [-0.1, -0.05) is 12.1 Å². The Hall–Kier alpha value is -4.83. The van der Waals surface area contributed by atoms with E-state index >= 15 is 0 Å². The van der Waals surface area contributed by atoms with Crippen molar-refractivity contribution in [3.8, 4) is 11.5 Å². The van der Waals surface area contributed by atoms with Crippen LogP contribution in [0.2, 0.25) is 0 Å². The van der Waals surface area contributed by atoms with E-state index in [9.17, 15) is 9.18 Å². The maximum Gasteiger partial charge on any atom is 0.270 e. The predicted molar refractivity (Wildman–Crippen MR) is 141 cm³/mol. The van der Waals surface area contributed by atoms with Crippen LogP contribution in [0.5, 0.6) is 11.5 Å². The molecule has 9 nitrogen and oxygen atoms in total. The van der Waals surface area contributed by atoms with Crippen LogP contribution in [0.25, 0.3) is 11.0 Å². The van der Waals surface area contributed by atoms with Gasteiger partial charge in [-0.3, -0.25) is 9.78 Å². The second kappa shape index (κ2) is 11.1. The van der Waals surface area contributed by atoms with Crippen molar-refractivity contribution in [1.29, 1.82) is 0 Å². The number of anilines is 2. The Kier molecular flexibility index (Phi) is 7.23. The number of amides is 1. The van der Waals surface area contributed by atoms with Crippen LogP contribution in [-0.2, 0) is 13.5 Å². The van der Waals surface area contributed by atoms with Gasteiger partial charge in [0.2, 0.25) is 11.9 Å². The van der Waals surface area contributed by atoms with Gasteiger partial charge < -0.3 is 25.0 Å². The molecule has 5 rings (SSSR count). The number of benzene rings is 2. The van der Waals surface area contributed by atoms with Gasteiger partial charge in [0, 0.05) is 43.8 Å². The summed E-state index contributed by atoms with van der Waals surface area (Å²) in [5.41, 5.74) is 4.55. The lowest BCUT2D eigenvalue weighted by atomic mass is 10.1. The molecule has 0 atom stereocenters. The van der Waals surface area contributed by atoms with E-state index in [-0.39, 0.29) is 18.8 Å². The first-order chi connectivity index (χ1) is 18.5. The van der Waals surface area contributed by atoms with Crippen LogP contribution in [0.1, 0.15) is 21.6 Å². The lowest BCUT2D eigenvalue weighted by molar-refractivity contribution is 0.0939. The number of halogens is 1. The number of aryl methyl sites for hydroxylation is 1. The van der Waals surface area contributed by atoms with Gasteiger partial charge in [0.05, 0.1) is 17.6 Å². The SMILES string of the molecule is Cn1c(Nc2cccc(Cc3ccnc(F)c3)c2)nc2cc(Oc3ccnc(C(=O)NCCO)c3)ccc21. The minimum absolute atomic E-state index is 0.146. The van der Waals surface area contributed by atoms with Crippen molar-refractivity contribution in [2.24, 2.45) is 7.05 Å². The number of hydrogen-bond donors (Lipinski definition) is 3. The Labute approximate surface area is 218 Å². The third-order valence-corrected chi connectivity index (χ3v) is 5.83. The number of nitrogens with one attached hydrogen (secondary N) is 2. The van der Waals surface area contributed by atoms with Crippen LogP contribution in [-0.4, -0.2) is 43.7 Å². The fourth-order valence-electron chi connectivity index (χ4n) is 4.03. The zero-order valence-corrected chi connectivity index (χ0v) is 20.6. The number of rotatable bonds is 9. The van der Waals surface area contributed by atoms with Gasteiger partial charge in [-0.05, 0) is 60.0 Å². The predicted octanol–water partition coefficient (Wildman–Crippen LogP) is 4.35. The highest BCUT2D eigenvalue weighted by atomic mass is 19.1. The third kappa shape index (κ3) is 5.76. The number of carbonyl (C=O) groups excluding carboxylic acids is 1. The van der Waals surface area contributed by atoms with E-state index in [1.165, 1.54) is 24.5 Å². The molecule has 0 aliphatic heterocycles. The first-order valence-corrected chi connectivity index (χ1v) is 11.9. The minimum Gasteiger partial charge on any atom is -0.457 e. The van der Waals surface area contributed by atoms with Gasteiger partial charge in [0.15, 0.2) is 0 Å². The number of nitrogens with zero attached hydrogens (tertiary/aromatic N) is 4. The highest BCUT2D eigenvalue weighted by Gasteiger charge is 2.12. The fraction of sp³-hybridized carbons (Fsp3) is 0.143. The van der Waals surface area contributed by atoms with Crippen LogP contribution in [0.3, 0.4) is 0 Å². The summed E-state index contributed by atoms with van der Waals surface area (Å²) in [7, 11) is 1.92. The molecule has 0 fully saturated rings. The molecule has 192 valence electrons. The summed E-state index contributed by atoms with van der Waals surface area (Å²) >= 11 is 0. The van der Waals surface area contributed by atoms with Gasteiger partial charge in [0.25, 0.3) is 5.91 Å². The normalized spacial score (nSPS) is 10.9. The Balaban J connectivity index is 1.32. The molecule has 0 aliphatic carbocycles. The maximum absolute atomic E-state index is 13.5. The van der Waals surface area contributed by atoms with Crippen LogP contribution < -0.4 is 15.4 Å². The van der Waals surface area contributed by atoms with Gasteiger partial charge in [-0.15, -0.1) is 0 Å². The van der Waals surface area contributed by atoms with E-state index in [4.69, 9.17) is 14.8 Å². The molecule has 2 aromatic carbocycles. The molecule has 1 amide bonds. The molecular formula is C28H25FN6O3. The first kappa shape index (κ1) is 24.8. The van der Waals surface area contributed by atoms with Crippen molar-refractivity contribution in [2.75, 3.05) is 18.5 Å². The standard InChI is InChI=1S/C28H25FN6O3/c1-35-25-6-5-21(38-22-8-10-30-24(17-22)27(37)32-11-12-36)16-23(25)34-28(35)33-20-4-2-3-18(14-20)13-19-7-9-31-26(29)15-19/h2-10,14-17,36H,11-13H2,1H3,(H,32,37)(H,33,34). The molecule has 0 saturated carbocycles. The number of fused-ring (bicyclic) bond motifs is 1. The fourth-order valence-corrected chi connectivity index (χ4v) is 4.03. The van der Waals surface area contributed by atoms with E-state index in [1.807, 2.05) is 54.1 Å². The number of ether oxygens (including phenoxy) is 1. The lowest BCUT2D eigenvalue weighted by Crippen LogP contribution is -2.27. The Morgan fingerprint density at radius 1 is 1.00 bits per heavy atom. The van der Waals surface area contributed by atoms with Crippen molar-refractivity contribution < 1.29 is 19.0 Å². The zero-order chi connectivity index (χ0) is 26.5. The second-order valence-electron chi connectivity index (χ2n) is 8.59. The summed E-state index contributed by atoms with van der Waals surface area (Å²) in [5, 5.41) is 14.8. The number of aromatic nitrogens is 4. The van der Waals surface area contributed by atoms with E-state index in [1.54, 1.807) is 12.1 Å². The Morgan fingerprint density at radius 2 is 1.82 bits per heavy atom. The average molecular weight is 513 g/mol. The van der Waals surface area contributed by atoms with Crippen LogP contribution in [0.15, 0.2) is 79.1 Å². The second-order valence-corrected chi connectivity index (χ2v) is 8.59. The van der Waals surface area contributed by atoms with Gasteiger partial charge in [-0.25, -0.2) is 9.97 Å². The number of aliphatic hydroxyl groups excluding tert-OH is 1. The third-order valence-electron chi connectivity index (χ3n) is 5.83. The molecule has 0 saturated heterocycles. The van der Waals surface area contributed by atoms with Crippen molar-refractivity contribution in [2.45, 2.75) is 6.42 Å². The molecule has 0 unspecified atom stereocenters. The molecule has 3 heterocycles. The summed E-state index contributed by atoms with van der Waals surface area (Å²) in [5.74, 6) is 0.775. The smallest absolute Gasteiger partial charge is 0.270 e. The molecule has 0 spiro atoms. The minimum atomic E-state index is -0.493. The van der Waals surface area contributed by atoms with Crippen molar-refractivity contribution >= 4 is 28.6 Å². The number of pyridine rings is 2. The number of imidazole rings is 1. The Morgan fingerprint density at radius 3 is 2.66 bits per heavy atom. The average Bonchev–Trinajstić information content (AvgIpc) is 3.21. The van der Waals surface area contributed by atoms with E-state index in [0.717, 1.165) is 27.8 Å². The molecule has 0 radical (unpaired) electrons. The number of aliphatic hydroxyl groups is 1. The molecule has 10 heteroatoms. The van der Waals surface area contributed by atoms with Crippen LogP contribution >= 0.6 is 0 Å². The van der Waals surface area contributed by atoms with E-state index in [0.29, 0.717) is 23.9 Å². The van der Waals surface area contributed by atoms with Crippen molar-refractivity contribution in [3.05, 3.63) is 102 Å². The molecule has 38 heavy (non-hydrogen) atoms. The molecular weight excluding hydrogens is 487 g/mol. The molecule has 3 aromatic heterocycles. The highest BCUT2D eigenvalue weighted by molar-refractivity contribution is 5.92. The van der Waals surface area contributed by atoms with Gasteiger partial charge in [-0.2, -0.15) is 4.39 Å². The van der Waals surface area contributed by atoms with E-state index in [2.05, 4.69) is 20.6 Å². The van der Waals surface area contributed by atoms with Crippen molar-refractivity contribution in [3.63, 3.8) is 0 Å². The van der Waals surface area contributed by atoms with E-state index < -0.39 is 11.9 Å². The topological polar surface area (TPSA) is 114 Å². The first-order valence-electron chi connectivity index (χ1n) is 11.9. The van der Waals surface area contributed by atoms with Crippen molar-refractivity contribution in [1.82, 2.24) is 24.8 Å². The van der Waals surface area contributed by atoms with Crippen LogP contribution in [0, 0.1) is 5.95 Å². The van der Waals surface area contributed by atoms with Gasteiger partial charge in [0.1, 0.15) is 17.2 Å². The number of hydrogen-bond acceptors (Lipinski definition) is 7. The summed E-state index contributed by atoms with van der Waals surface area (Å²) in [6.07, 6.45) is 3.54. The highest BCUT2D eigenvalue weighted by Crippen LogP contribution is 2.28. The largest absolute Gasteiger partial charge is 0.457 e. The molecule has 0 aliphatic rings. The quantitative estimate of drug-likeness (QED) is 0.252. The maximum atomic E-state index is 13.5.